The van der Waals surface area contributed by atoms with E-state index in [1.165, 1.54) is 18.7 Å². The van der Waals surface area contributed by atoms with E-state index >= 15 is 0 Å². The molecule has 0 radical (unpaired) electrons. The third kappa shape index (κ3) is 4.04. The van der Waals surface area contributed by atoms with Gasteiger partial charge in [0.1, 0.15) is 18.7 Å². The Morgan fingerprint density at radius 3 is 2.78 bits per heavy atom. The van der Waals surface area contributed by atoms with Crippen molar-refractivity contribution in [2.75, 3.05) is 38.1 Å². The molecule has 1 saturated heterocycles. The minimum atomic E-state index is -0.115. The Kier molecular flexibility index (Phi) is 5.28. The monoisotopic (exact) mass is 433 g/mol. The number of anilines is 1. The number of aromatic nitrogens is 4. The van der Waals surface area contributed by atoms with Crippen molar-refractivity contribution < 1.29 is 14.3 Å². The first kappa shape index (κ1) is 20.1. The van der Waals surface area contributed by atoms with Gasteiger partial charge in [0.2, 0.25) is 5.91 Å². The van der Waals surface area contributed by atoms with Gasteiger partial charge in [0, 0.05) is 50.8 Å². The Bertz CT molecular complexity index is 1150. The van der Waals surface area contributed by atoms with Crippen LogP contribution in [-0.2, 0) is 11.8 Å². The number of benzene rings is 1. The molecule has 164 valence electrons. The molecule has 1 fully saturated rings. The number of hydrogen-bond acceptors (Lipinski definition) is 7. The summed E-state index contributed by atoms with van der Waals surface area (Å²) < 4.78 is 7.85. The highest BCUT2D eigenvalue weighted by Gasteiger charge is 2.33. The first-order valence-corrected chi connectivity index (χ1v) is 10.4. The molecule has 0 unspecified atom stereocenters. The van der Waals surface area contributed by atoms with Crippen LogP contribution in [0.5, 0.6) is 5.75 Å². The molecule has 1 aromatic carbocycles. The van der Waals surface area contributed by atoms with E-state index in [2.05, 4.69) is 25.3 Å². The number of amides is 2. The first-order chi connectivity index (χ1) is 15.6. The lowest BCUT2D eigenvalue weighted by Gasteiger charge is -2.40. The lowest BCUT2D eigenvalue weighted by molar-refractivity contribution is -0.118. The van der Waals surface area contributed by atoms with Crippen LogP contribution >= 0.6 is 0 Å². The van der Waals surface area contributed by atoms with E-state index in [1.807, 2.05) is 31.4 Å². The Balaban J connectivity index is 1.36. The third-order valence-corrected chi connectivity index (χ3v) is 5.77. The molecular formula is C22H23N7O3. The second-order valence-corrected chi connectivity index (χ2v) is 7.98. The van der Waals surface area contributed by atoms with Gasteiger partial charge in [-0.2, -0.15) is 5.10 Å². The smallest absolute Gasteiger partial charge is 0.257 e. The van der Waals surface area contributed by atoms with Crippen molar-refractivity contribution in [1.82, 2.24) is 29.5 Å². The summed E-state index contributed by atoms with van der Waals surface area (Å²) in [6, 6.07) is 5.61. The van der Waals surface area contributed by atoms with Crippen LogP contribution in [0.1, 0.15) is 10.4 Å². The van der Waals surface area contributed by atoms with Crippen molar-refractivity contribution in [2.45, 2.75) is 6.04 Å². The maximum absolute atomic E-state index is 12.8. The van der Waals surface area contributed by atoms with Crippen LogP contribution in [0.25, 0.3) is 11.1 Å². The van der Waals surface area contributed by atoms with E-state index in [1.54, 1.807) is 15.8 Å². The van der Waals surface area contributed by atoms with Gasteiger partial charge in [0.25, 0.3) is 5.91 Å². The molecule has 1 N–H and O–H groups in total. The molecule has 1 atom stereocenters. The summed E-state index contributed by atoms with van der Waals surface area (Å²) in [4.78, 5) is 37.3. The van der Waals surface area contributed by atoms with Crippen molar-refractivity contribution in [3.63, 3.8) is 0 Å². The molecule has 5 rings (SSSR count). The average molecular weight is 433 g/mol. The molecule has 2 amide bonds. The van der Waals surface area contributed by atoms with Gasteiger partial charge in [-0.3, -0.25) is 19.2 Å². The predicted molar refractivity (Wildman–Crippen MR) is 116 cm³/mol. The van der Waals surface area contributed by atoms with Crippen LogP contribution in [0.15, 0.2) is 49.3 Å². The largest absolute Gasteiger partial charge is 0.490 e. The molecule has 3 aromatic rings. The zero-order valence-electron chi connectivity index (χ0n) is 17.6. The highest BCUT2D eigenvalue weighted by molar-refractivity contribution is 5.95. The highest BCUT2D eigenvalue weighted by atomic mass is 16.5. The molecule has 4 heterocycles. The number of fused-ring (bicyclic) bond motifs is 2. The van der Waals surface area contributed by atoms with Gasteiger partial charge in [0.15, 0.2) is 0 Å². The van der Waals surface area contributed by atoms with E-state index < -0.39 is 0 Å². The van der Waals surface area contributed by atoms with Gasteiger partial charge in [-0.15, -0.1) is 0 Å². The lowest BCUT2D eigenvalue weighted by Crippen LogP contribution is -2.57. The molecule has 2 aromatic heterocycles. The van der Waals surface area contributed by atoms with E-state index in [4.69, 9.17) is 4.74 Å². The number of nitrogens with zero attached hydrogens (tertiary/aromatic N) is 6. The number of piperazine rings is 1. The summed E-state index contributed by atoms with van der Waals surface area (Å²) in [5.74, 6) is 0.380. The maximum Gasteiger partial charge on any atom is 0.257 e. The predicted octanol–water partition coefficient (Wildman–Crippen LogP) is 1.03. The fraction of sp³-hybridized carbons (Fsp3) is 0.318. The van der Waals surface area contributed by atoms with E-state index in [0.29, 0.717) is 43.2 Å². The topological polar surface area (TPSA) is 105 Å². The SMILES string of the molecule is Cn1cc(-c2ccc3c(c2)NC(=O)CN2CCN(C(=O)c4cncnc4)C[C@H]2CO3)cn1. The summed E-state index contributed by atoms with van der Waals surface area (Å²) in [6.45, 7) is 2.17. The van der Waals surface area contributed by atoms with E-state index in [-0.39, 0.29) is 24.4 Å². The summed E-state index contributed by atoms with van der Waals surface area (Å²) in [7, 11) is 1.86. The Morgan fingerprint density at radius 2 is 2.00 bits per heavy atom. The standard InChI is InChI=1S/C22H23N7O3/c1-27-10-17(9-25-27)15-2-3-20-19(6-15)26-21(30)12-28-4-5-29(11-18(28)13-32-20)22(31)16-7-23-14-24-8-16/h2-3,6-10,14,18H,4-5,11-13H2,1H3,(H,26,30)/t18-/m0/s1. The number of rotatable bonds is 2. The van der Waals surface area contributed by atoms with Crippen molar-refractivity contribution in [3.05, 3.63) is 54.9 Å². The minimum Gasteiger partial charge on any atom is -0.490 e. The zero-order valence-corrected chi connectivity index (χ0v) is 17.6. The van der Waals surface area contributed by atoms with Crippen LogP contribution < -0.4 is 10.1 Å². The number of carbonyl (C=O) groups is 2. The summed E-state index contributed by atoms with van der Waals surface area (Å²) in [5, 5.41) is 7.19. The fourth-order valence-corrected chi connectivity index (χ4v) is 4.10. The normalized spacial score (nSPS) is 19.0. The number of carbonyl (C=O) groups excluding carboxylic acids is 2. The van der Waals surface area contributed by atoms with Crippen LogP contribution in [0.3, 0.4) is 0 Å². The average Bonchev–Trinajstić information content (AvgIpc) is 3.26. The quantitative estimate of drug-likeness (QED) is 0.644. The molecule has 10 nitrogen and oxygen atoms in total. The summed E-state index contributed by atoms with van der Waals surface area (Å²) >= 11 is 0. The number of hydrogen-bond donors (Lipinski definition) is 1. The van der Waals surface area contributed by atoms with Crippen LogP contribution in [0, 0.1) is 0 Å². The van der Waals surface area contributed by atoms with Gasteiger partial charge in [-0.05, 0) is 17.7 Å². The molecule has 0 saturated carbocycles. The fourth-order valence-electron chi connectivity index (χ4n) is 4.10. The second-order valence-electron chi connectivity index (χ2n) is 7.98. The van der Waals surface area contributed by atoms with Gasteiger partial charge >= 0.3 is 0 Å². The highest BCUT2D eigenvalue weighted by Crippen LogP contribution is 2.32. The van der Waals surface area contributed by atoms with Crippen LogP contribution in [-0.4, -0.2) is 80.2 Å². The van der Waals surface area contributed by atoms with Gasteiger partial charge in [-0.1, -0.05) is 6.07 Å². The minimum absolute atomic E-state index is 0.105. The second kappa shape index (κ2) is 8.39. The Morgan fingerprint density at radius 1 is 1.16 bits per heavy atom. The molecule has 0 bridgehead atoms. The number of ether oxygens (including phenoxy) is 1. The van der Waals surface area contributed by atoms with E-state index in [0.717, 1.165) is 11.1 Å². The molecule has 0 aliphatic carbocycles. The van der Waals surface area contributed by atoms with Crippen molar-refractivity contribution in [3.8, 4) is 16.9 Å². The number of nitrogens with one attached hydrogen (secondary N) is 1. The molecule has 0 spiro atoms. The summed E-state index contributed by atoms with van der Waals surface area (Å²) in [5.41, 5.74) is 2.99. The molecule has 10 heteroatoms. The van der Waals surface area contributed by atoms with Crippen LogP contribution in [0.4, 0.5) is 5.69 Å². The van der Waals surface area contributed by atoms with Crippen molar-refractivity contribution >= 4 is 17.5 Å². The number of aryl methyl sites for hydroxylation is 1. The van der Waals surface area contributed by atoms with Gasteiger partial charge in [-0.25, -0.2) is 9.97 Å². The molecule has 2 aliphatic heterocycles. The third-order valence-electron chi connectivity index (χ3n) is 5.77. The van der Waals surface area contributed by atoms with Crippen molar-refractivity contribution in [2.24, 2.45) is 7.05 Å². The Labute approximate surface area is 184 Å². The summed E-state index contributed by atoms with van der Waals surface area (Å²) in [6.07, 6.45) is 8.14. The van der Waals surface area contributed by atoms with E-state index in [9.17, 15) is 9.59 Å². The Hall–Kier alpha value is -3.79. The maximum atomic E-state index is 12.8. The molecular weight excluding hydrogens is 410 g/mol. The first-order valence-electron chi connectivity index (χ1n) is 10.4. The zero-order chi connectivity index (χ0) is 22.1. The van der Waals surface area contributed by atoms with Gasteiger partial charge < -0.3 is 15.0 Å². The lowest BCUT2D eigenvalue weighted by atomic mass is 10.1. The van der Waals surface area contributed by atoms with Crippen LogP contribution in [0.2, 0.25) is 0 Å². The van der Waals surface area contributed by atoms with Gasteiger partial charge in [0.05, 0.1) is 30.0 Å². The molecule has 2 aliphatic rings. The van der Waals surface area contributed by atoms with Crippen molar-refractivity contribution in [1.29, 1.82) is 0 Å². The molecule has 32 heavy (non-hydrogen) atoms.